The summed E-state index contributed by atoms with van der Waals surface area (Å²) in [6.45, 7) is 8.14. The number of hydrogen-bond acceptors (Lipinski definition) is 3. The summed E-state index contributed by atoms with van der Waals surface area (Å²) < 4.78 is 11.1. The predicted octanol–water partition coefficient (Wildman–Crippen LogP) is 3.11. The summed E-state index contributed by atoms with van der Waals surface area (Å²) in [7, 11) is 3.39. The molecule has 0 unspecified atom stereocenters. The van der Waals surface area contributed by atoms with Crippen LogP contribution in [0.1, 0.15) is 29.2 Å². The van der Waals surface area contributed by atoms with Crippen molar-refractivity contribution >= 4 is 0 Å². The number of aliphatic hydroxyl groups is 1. The summed E-state index contributed by atoms with van der Waals surface area (Å²) >= 11 is 0. The Labute approximate surface area is 115 Å². The van der Waals surface area contributed by atoms with Crippen molar-refractivity contribution in [2.45, 2.75) is 34.1 Å². The molecule has 0 radical (unpaired) electrons. The topological polar surface area (TPSA) is 38.7 Å². The van der Waals surface area contributed by atoms with E-state index < -0.39 is 0 Å². The van der Waals surface area contributed by atoms with Crippen LogP contribution in [0.15, 0.2) is 11.6 Å². The molecule has 0 heterocycles. The summed E-state index contributed by atoms with van der Waals surface area (Å²) in [5.41, 5.74) is 5.40. The van der Waals surface area contributed by atoms with E-state index in [1.807, 2.05) is 33.8 Å². The largest absolute Gasteiger partial charge is 0.496 e. The Morgan fingerprint density at radius 2 is 1.53 bits per heavy atom. The van der Waals surface area contributed by atoms with Crippen LogP contribution in [0.4, 0.5) is 0 Å². The molecule has 0 saturated carbocycles. The van der Waals surface area contributed by atoms with Gasteiger partial charge in [0.15, 0.2) is 0 Å². The first-order valence-electron chi connectivity index (χ1n) is 6.45. The van der Waals surface area contributed by atoms with E-state index in [0.717, 1.165) is 45.7 Å². The van der Waals surface area contributed by atoms with Crippen molar-refractivity contribution in [3.05, 3.63) is 33.9 Å². The van der Waals surface area contributed by atoms with Crippen LogP contribution in [-0.2, 0) is 6.42 Å². The summed E-state index contributed by atoms with van der Waals surface area (Å²) in [5.74, 6) is 1.83. The van der Waals surface area contributed by atoms with E-state index in [-0.39, 0.29) is 6.61 Å². The standard InChI is InChI=1S/C16H24O3/c1-10(9-17)7-8-14-13(4)15(18-5)11(2)12(3)16(14)19-6/h7,17H,8-9H2,1-6H3/b10-7+. The average Bonchev–Trinajstić information content (AvgIpc) is 2.41. The number of hydrogen-bond donors (Lipinski definition) is 1. The minimum atomic E-state index is 0.0866. The monoisotopic (exact) mass is 264 g/mol. The van der Waals surface area contributed by atoms with Gasteiger partial charge in [-0.2, -0.15) is 0 Å². The SMILES string of the molecule is COc1c(C)c(C)c(OC)c(C/C=C(\C)CO)c1C. The third kappa shape index (κ3) is 3.10. The molecule has 0 aromatic heterocycles. The quantitative estimate of drug-likeness (QED) is 0.830. The maximum absolute atomic E-state index is 9.08. The lowest BCUT2D eigenvalue weighted by molar-refractivity contribution is 0.331. The van der Waals surface area contributed by atoms with Crippen LogP contribution in [0.5, 0.6) is 11.5 Å². The number of aliphatic hydroxyl groups excluding tert-OH is 1. The van der Waals surface area contributed by atoms with Crippen LogP contribution in [0, 0.1) is 20.8 Å². The van der Waals surface area contributed by atoms with Gasteiger partial charge in [-0.15, -0.1) is 0 Å². The minimum Gasteiger partial charge on any atom is -0.496 e. The molecule has 1 N–H and O–H groups in total. The summed E-state index contributed by atoms with van der Waals surface area (Å²) in [5, 5.41) is 9.08. The van der Waals surface area contributed by atoms with Crippen molar-refractivity contribution in [1.29, 1.82) is 0 Å². The minimum absolute atomic E-state index is 0.0866. The smallest absolute Gasteiger partial charge is 0.126 e. The maximum atomic E-state index is 9.08. The van der Waals surface area contributed by atoms with Crippen LogP contribution < -0.4 is 9.47 Å². The Balaban J connectivity index is 3.40. The van der Waals surface area contributed by atoms with Crippen molar-refractivity contribution in [3.8, 4) is 11.5 Å². The van der Waals surface area contributed by atoms with Gasteiger partial charge < -0.3 is 14.6 Å². The van der Waals surface area contributed by atoms with E-state index in [2.05, 4.69) is 0 Å². The first kappa shape index (κ1) is 15.6. The summed E-state index contributed by atoms with van der Waals surface area (Å²) in [6, 6.07) is 0. The molecule has 1 aromatic carbocycles. The molecule has 0 aliphatic rings. The molecule has 19 heavy (non-hydrogen) atoms. The van der Waals surface area contributed by atoms with Crippen molar-refractivity contribution in [1.82, 2.24) is 0 Å². The highest BCUT2D eigenvalue weighted by Crippen LogP contribution is 2.37. The van der Waals surface area contributed by atoms with Crippen molar-refractivity contribution in [2.75, 3.05) is 20.8 Å². The molecule has 0 aliphatic carbocycles. The fraction of sp³-hybridized carbons (Fsp3) is 0.500. The highest BCUT2D eigenvalue weighted by Gasteiger charge is 2.17. The van der Waals surface area contributed by atoms with E-state index in [4.69, 9.17) is 14.6 Å². The first-order valence-corrected chi connectivity index (χ1v) is 6.45. The van der Waals surface area contributed by atoms with Crippen LogP contribution >= 0.6 is 0 Å². The molecule has 106 valence electrons. The highest BCUT2D eigenvalue weighted by atomic mass is 16.5. The number of rotatable bonds is 5. The van der Waals surface area contributed by atoms with Gasteiger partial charge in [0.25, 0.3) is 0 Å². The molecule has 0 saturated heterocycles. The lowest BCUT2D eigenvalue weighted by Crippen LogP contribution is -2.03. The van der Waals surface area contributed by atoms with Gasteiger partial charge in [-0.1, -0.05) is 11.6 Å². The zero-order valence-corrected chi connectivity index (χ0v) is 12.8. The number of allylic oxidation sites excluding steroid dienone is 1. The number of methoxy groups -OCH3 is 2. The fourth-order valence-corrected chi connectivity index (χ4v) is 2.32. The normalized spacial score (nSPS) is 11.6. The average molecular weight is 264 g/mol. The van der Waals surface area contributed by atoms with Crippen LogP contribution in [-0.4, -0.2) is 25.9 Å². The van der Waals surface area contributed by atoms with Gasteiger partial charge in [-0.25, -0.2) is 0 Å². The Hall–Kier alpha value is -1.48. The zero-order chi connectivity index (χ0) is 14.6. The Morgan fingerprint density at radius 1 is 1.00 bits per heavy atom. The number of ether oxygens (including phenoxy) is 2. The van der Waals surface area contributed by atoms with Gasteiger partial charge in [0.1, 0.15) is 11.5 Å². The Kier molecular flexibility index (Phi) is 5.43. The van der Waals surface area contributed by atoms with Gasteiger partial charge in [0.2, 0.25) is 0 Å². The predicted molar refractivity (Wildman–Crippen MR) is 78.3 cm³/mol. The fourth-order valence-electron chi connectivity index (χ4n) is 2.32. The Bertz CT molecular complexity index is 488. The second-order valence-electron chi connectivity index (χ2n) is 4.83. The summed E-state index contributed by atoms with van der Waals surface area (Å²) in [4.78, 5) is 0. The molecule has 0 bridgehead atoms. The molecule has 1 rings (SSSR count). The second kappa shape index (κ2) is 6.62. The molecule has 0 atom stereocenters. The van der Waals surface area contributed by atoms with Crippen molar-refractivity contribution in [2.24, 2.45) is 0 Å². The molecular weight excluding hydrogens is 240 g/mol. The maximum Gasteiger partial charge on any atom is 0.126 e. The van der Waals surface area contributed by atoms with E-state index in [9.17, 15) is 0 Å². The van der Waals surface area contributed by atoms with Crippen LogP contribution in [0.25, 0.3) is 0 Å². The van der Waals surface area contributed by atoms with Gasteiger partial charge in [0.05, 0.1) is 20.8 Å². The Morgan fingerprint density at radius 3 is 2.00 bits per heavy atom. The third-order valence-corrected chi connectivity index (χ3v) is 3.62. The van der Waals surface area contributed by atoms with E-state index in [0.29, 0.717) is 0 Å². The molecule has 0 fully saturated rings. The lowest BCUT2D eigenvalue weighted by atomic mass is 9.95. The zero-order valence-electron chi connectivity index (χ0n) is 12.8. The molecule has 0 spiro atoms. The van der Waals surface area contributed by atoms with Crippen molar-refractivity contribution in [3.63, 3.8) is 0 Å². The molecule has 3 heteroatoms. The van der Waals surface area contributed by atoms with Crippen LogP contribution in [0.3, 0.4) is 0 Å². The molecular formula is C16H24O3. The van der Waals surface area contributed by atoms with Gasteiger partial charge in [0, 0.05) is 5.56 Å². The number of benzene rings is 1. The van der Waals surface area contributed by atoms with E-state index in [1.165, 1.54) is 0 Å². The van der Waals surface area contributed by atoms with Gasteiger partial charge >= 0.3 is 0 Å². The first-order chi connectivity index (χ1) is 8.97. The second-order valence-corrected chi connectivity index (χ2v) is 4.83. The highest BCUT2D eigenvalue weighted by molar-refractivity contribution is 5.58. The molecule has 0 aliphatic heterocycles. The van der Waals surface area contributed by atoms with Crippen molar-refractivity contribution < 1.29 is 14.6 Å². The van der Waals surface area contributed by atoms with E-state index >= 15 is 0 Å². The summed E-state index contributed by atoms with van der Waals surface area (Å²) in [6.07, 6.45) is 2.76. The van der Waals surface area contributed by atoms with Gasteiger partial charge in [-0.05, 0) is 50.8 Å². The molecule has 0 amide bonds. The van der Waals surface area contributed by atoms with E-state index in [1.54, 1.807) is 14.2 Å². The molecule has 1 aromatic rings. The van der Waals surface area contributed by atoms with Crippen LogP contribution in [0.2, 0.25) is 0 Å². The molecule has 3 nitrogen and oxygen atoms in total. The van der Waals surface area contributed by atoms with Gasteiger partial charge in [-0.3, -0.25) is 0 Å². The third-order valence-electron chi connectivity index (χ3n) is 3.62. The lowest BCUT2D eigenvalue weighted by Gasteiger charge is -2.20.